The number of carbonyl (C=O) groups excluding carboxylic acids is 1. The molecular weight excluding hydrogens is 489 g/mol. The van der Waals surface area contributed by atoms with E-state index >= 15 is 0 Å². The number of esters is 1. The van der Waals surface area contributed by atoms with Gasteiger partial charge in [-0.1, -0.05) is 0 Å². The third-order valence-corrected chi connectivity index (χ3v) is 4.53. The van der Waals surface area contributed by atoms with Crippen molar-refractivity contribution in [2.45, 2.75) is 26.7 Å². The van der Waals surface area contributed by atoms with Crippen LogP contribution in [0.3, 0.4) is 0 Å². The number of halogens is 1. The molecule has 29 heavy (non-hydrogen) atoms. The molecule has 162 valence electrons. The number of rotatable bonds is 8. The van der Waals surface area contributed by atoms with E-state index in [1.54, 1.807) is 12.1 Å². The molecule has 0 spiro atoms. The van der Waals surface area contributed by atoms with Gasteiger partial charge in [-0.25, -0.2) is 0 Å². The molecule has 0 aromatic heterocycles. The van der Waals surface area contributed by atoms with Crippen molar-refractivity contribution in [3.8, 4) is 0 Å². The fraction of sp³-hybridized carbons (Fsp3) is 0.579. The van der Waals surface area contributed by atoms with Gasteiger partial charge in [0.2, 0.25) is 0 Å². The van der Waals surface area contributed by atoms with Gasteiger partial charge in [-0.3, -0.25) is 19.9 Å². The minimum Gasteiger partial charge on any atom is -0.466 e. The van der Waals surface area contributed by atoms with Gasteiger partial charge < -0.3 is 20.3 Å². The van der Waals surface area contributed by atoms with Crippen LogP contribution in [-0.4, -0.2) is 61.1 Å². The highest BCUT2D eigenvalue weighted by Crippen LogP contribution is 2.19. The van der Waals surface area contributed by atoms with Gasteiger partial charge in [-0.15, -0.1) is 24.0 Å². The van der Waals surface area contributed by atoms with Crippen molar-refractivity contribution in [1.29, 1.82) is 0 Å². The number of likely N-dealkylation sites (tertiary alicyclic amines) is 1. The lowest BCUT2D eigenvalue weighted by atomic mass is 9.97. The molecular formula is C19H30IN5O4. The summed E-state index contributed by atoms with van der Waals surface area (Å²) in [4.78, 5) is 29.0. The molecule has 0 unspecified atom stereocenters. The maximum absolute atomic E-state index is 11.9. The molecule has 1 saturated heterocycles. The van der Waals surface area contributed by atoms with Crippen molar-refractivity contribution >= 4 is 47.3 Å². The van der Waals surface area contributed by atoms with Crippen molar-refractivity contribution < 1.29 is 14.5 Å². The number of non-ortho nitro benzene ring substituents is 1. The number of hydrogen-bond acceptors (Lipinski definition) is 6. The Bertz CT molecular complexity index is 676. The standard InChI is InChI=1S/C19H29N5O4.HI/c1-3-20-19(23-13-9-15(10-14-23)18(25)28-4-2)22-12-11-21-16-5-7-17(8-6-16)24(26)27;/h5-8,15,21H,3-4,9-14H2,1-2H3,(H,20,22);1H. The SMILES string of the molecule is CCNC(=NCCNc1ccc([N+](=O)[O-])cc1)N1CCC(C(=O)OCC)CC1.I. The molecule has 0 aliphatic carbocycles. The molecule has 0 bridgehead atoms. The Morgan fingerprint density at radius 1 is 1.28 bits per heavy atom. The van der Waals surface area contributed by atoms with Gasteiger partial charge in [-0.05, 0) is 38.8 Å². The number of guanidine groups is 1. The van der Waals surface area contributed by atoms with Crippen molar-refractivity contribution in [3.63, 3.8) is 0 Å². The van der Waals surface area contributed by atoms with Gasteiger partial charge in [0.05, 0.1) is 24.0 Å². The molecule has 1 aliphatic rings. The zero-order chi connectivity index (χ0) is 20.4. The van der Waals surface area contributed by atoms with Gasteiger partial charge in [0, 0.05) is 44.0 Å². The highest BCUT2D eigenvalue weighted by Gasteiger charge is 2.27. The molecule has 2 N–H and O–H groups in total. The number of carbonyl (C=O) groups is 1. The van der Waals surface area contributed by atoms with Crippen LogP contribution in [0.4, 0.5) is 11.4 Å². The first-order valence-electron chi connectivity index (χ1n) is 9.73. The van der Waals surface area contributed by atoms with Crippen molar-refractivity contribution in [2.75, 3.05) is 44.6 Å². The van der Waals surface area contributed by atoms with Crippen molar-refractivity contribution in [3.05, 3.63) is 34.4 Å². The van der Waals surface area contributed by atoms with Crippen LogP contribution in [-0.2, 0) is 9.53 Å². The largest absolute Gasteiger partial charge is 0.466 e. The Kier molecular flexibility index (Phi) is 11.3. The molecule has 1 fully saturated rings. The second-order valence-corrected chi connectivity index (χ2v) is 6.48. The Labute approximate surface area is 188 Å². The first-order valence-corrected chi connectivity index (χ1v) is 9.73. The summed E-state index contributed by atoms with van der Waals surface area (Å²) in [5.41, 5.74) is 0.894. The molecule has 0 atom stereocenters. The minimum absolute atomic E-state index is 0. The fourth-order valence-electron chi connectivity index (χ4n) is 3.08. The average molecular weight is 519 g/mol. The van der Waals surface area contributed by atoms with E-state index in [9.17, 15) is 14.9 Å². The highest BCUT2D eigenvalue weighted by molar-refractivity contribution is 14.0. The predicted octanol–water partition coefficient (Wildman–Crippen LogP) is 2.87. The lowest BCUT2D eigenvalue weighted by Gasteiger charge is -2.33. The monoisotopic (exact) mass is 519 g/mol. The Hall–Kier alpha value is -2.11. The Morgan fingerprint density at radius 2 is 1.93 bits per heavy atom. The number of nitro groups is 1. The van der Waals surface area contributed by atoms with Gasteiger partial charge >= 0.3 is 5.97 Å². The van der Waals surface area contributed by atoms with Crippen molar-refractivity contribution in [1.82, 2.24) is 10.2 Å². The van der Waals surface area contributed by atoms with E-state index < -0.39 is 4.92 Å². The number of anilines is 1. The summed E-state index contributed by atoms with van der Waals surface area (Å²) in [5.74, 6) is 0.717. The number of benzene rings is 1. The first-order chi connectivity index (χ1) is 13.5. The van der Waals surface area contributed by atoms with Crippen LogP contribution >= 0.6 is 24.0 Å². The second kappa shape index (κ2) is 13.2. The highest BCUT2D eigenvalue weighted by atomic mass is 127. The fourth-order valence-corrected chi connectivity index (χ4v) is 3.08. The smallest absolute Gasteiger partial charge is 0.309 e. The summed E-state index contributed by atoms with van der Waals surface area (Å²) >= 11 is 0. The lowest BCUT2D eigenvalue weighted by molar-refractivity contribution is -0.384. The number of aliphatic imine (C=N–C) groups is 1. The number of hydrogen-bond donors (Lipinski definition) is 2. The number of nitrogens with zero attached hydrogens (tertiary/aromatic N) is 3. The third kappa shape index (κ3) is 8.03. The molecule has 0 saturated carbocycles. The molecule has 1 aromatic rings. The predicted molar refractivity (Wildman–Crippen MR) is 124 cm³/mol. The maximum atomic E-state index is 11.9. The van der Waals surface area contributed by atoms with Gasteiger partial charge in [0.25, 0.3) is 5.69 Å². The van der Waals surface area contributed by atoms with E-state index in [4.69, 9.17) is 4.74 Å². The van der Waals surface area contributed by atoms with Crippen LogP contribution in [0.1, 0.15) is 26.7 Å². The number of nitro benzene ring substituents is 1. The van der Waals surface area contributed by atoms with Gasteiger partial charge in [0.15, 0.2) is 5.96 Å². The molecule has 9 nitrogen and oxygen atoms in total. The summed E-state index contributed by atoms with van der Waals surface area (Å²) in [6.07, 6.45) is 1.54. The number of ether oxygens (including phenoxy) is 1. The van der Waals surface area contributed by atoms with E-state index in [2.05, 4.69) is 20.5 Å². The quantitative estimate of drug-likeness (QED) is 0.103. The van der Waals surface area contributed by atoms with E-state index in [-0.39, 0.29) is 41.6 Å². The maximum Gasteiger partial charge on any atom is 0.309 e. The summed E-state index contributed by atoms with van der Waals surface area (Å²) in [7, 11) is 0. The van der Waals surface area contributed by atoms with Crippen molar-refractivity contribution in [2.24, 2.45) is 10.9 Å². The third-order valence-electron chi connectivity index (χ3n) is 4.53. The normalized spacial score (nSPS) is 14.7. The van der Waals surface area contributed by atoms with E-state index in [1.165, 1.54) is 12.1 Å². The van der Waals surface area contributed by atoms with Crippen LogP contribution in [0.2, 0.25) is 0 Å². The van der Waals surface area contributed by atoms with E-state index in [1.807, 2.05) is 13.8 Å². The lowest BCUT2D eigenvalue weighted by Crippen LogP contribution is -2.47. The first kappa shape index (κ1) is 24.9. The number of piperidine rings is 1. The molecule has 1 heterocycles. The van der Waals surface area contributed by atoms with E-state index in [0.717, 1.165) is 44.1 Å². The van der Waals surface area contributed by atoms with Crippen LogP contribution < -0.4 is 10.6 Å². The Balaban J connectivity index is 0.00000420. The summed E-state index contributed by atoms with van der Waals surface area (Å²) < 4.78 is 5.12. The number of nitrogens with one attached hydrogen (secondary N) is 2. The topological polar surface area (TPSA) is 109 Å². The van der Waals surface area contributed by atoms with Crippen LogP contribution in [0, 0.1) is 16.0 Å². The summed E-state index contributed by atoms with van der Waals surface area (Å²) in [6.45, 7) is 7.76. The summed E-state index contributed by atoms with van der Waals surface area (Å²) in [5, 5.41) is 17.2. The van der Waals surface area contributed by atoms with Crippen LogP contribution in [0.15, 0.2) is 29.3 Å². The van der Waals surface area contributed by atoms with Gasteiger partial charge in [0.1, 0.15) is 0 Å². The minimum atomic E-state index is -0.415. The van der Waals surface area contributed by atoms with Crippen LogP contribution in [0.25, 0.3) is 0 Å². The van der Waals surface area contributed by atoms with E-state index in [0.29, 0.717) is 19.7 Å². The molecule has 0 radical (unpaired) electrons. The van der Waals surface area contributed by atoms with Crippen LogP contribution in [0.5, 0.6) is 0 Å². The zero-order valence-corrected chi connectivity index (χ0v) is 19.3. The second-order valence-electron chi connectivity index (χ2n) is 6.48. The molecule has 1 aliphatic heterocycles. The molecule has 2 rings (SSSR count). The molecule has 1 aromatic carbocycles. The summed E-state index contributed by atoms with van der Waals surface area (Å²) in [6, 6.07) is 6.33. The van der Waals surface area contributed by atoms with Gasteiger partial charge in [-0.2, -0.15) is 0 Å². The average Bonchev–Trinajstić information content (AvgIpc) is 2.71. The Morgan fingerprint density at radius 3 is 2.48 bits per heavy atom. The molecule has 0 amide bonds. The zero-order valence-electron chi connectivity index (χ0n) is 16.9. The molecule has 10 heteroatoms.